The lowest BCUT2D eigenvalue weighted by atomic mass is 10.0. The highest BCUT2D eigenvalue weighted by Crippen LogP contribution is 2.17. The van der Waals surface area contributed by atoms with E-state index in [0.717, 1.165) is 11.8 Å². The smallest absolute Gasteiger partial charge is 0.221 e. The zero-order valence-corrected chi connectivity index (χ0v) is 11.8. The van der Waals surface area contributed by atoms with Crippen molar-refractivity contribution in [1.29, 1.82) is 0 Å². The Morgan fingerprint density at radius 1 is 1.32 bits per heavy atom. The highest BCUT2D eigenvalue weighted by atomic mass is 32.2. The van der Waals surface area contributed by atoms with Crippen molar-refractivity contribution in [2.24, 2.45) is 0 Å². The summed E-state index contributed by atoms with van der Waals surface area (Å²) in [6.45, 7) is 1.89. The third-order valence-electron chi connectivity index (χ3n) is 2.72. The summed E-state index contributed by atoms with van der Waals surface area (Å²) < 4.78 is 34.8. The molecule has 0 fully saturated rings. The minimum atomic E-state index is -3.14. The van der Waals surface area contributed by atoms with Gasteiger partial charge in [-0.25, -0.2) is 12.8 Å². The number of carbonyl (C=O) groups is 1. The topological polar surface area (TPSA) is 63.2 Å². The van der Waals surface area contributed by atoms with Crippen molar-refractivity contribution in [2.45, 2.75) is 25.8 Å². The van der Waals surface area contributed by atoms with Gasteiger partial charge in [-0.15, -0.1) is 0 Å². The third kappa shape index (κ3) is 5.83. The lowest BCUT2D eigenvalue weighted by molar-refractivity contribution is -0.121. The van der Waals surface area contributed by atoms with Crippen LogP contribution in [0.4, 0.5) is 4.39 Å². The van der Waals surface area contributed by atoms with E-state index in [0.29, 0.717) is 6.42 Å². The predicted octanol–water partition coefficient (Wildman–Crippen LogP) is 1.83. The van der Waals surface area contributed by atoms with Crippen molar-refractivity contribution in [3.05, 3.63) is 35.6 Å². The van der Waals surface area contributed by atoms with Crippen molar-refractivity contribution >= 4 is 15.7 Å². The van der Waals surface area contributed by atoms with Gasteiger partial charge in [-0.2, -0.15) is 0 Å². The van der Waals surface area contributed by atoms with E-state index >= 15 is 0 Å². The minimum absolute atomic E-state index is 0.0590. The number of carbonyl (C=O) groups excluding carboxylic acids is 1. The quantitative estimate of drug-likeness (QED) is 0.868. The molecule has 0 aliphatic rings. The summed E-state index contributed by atoms with van der Waals surface area (Å²) in [5.41, 5.74) is 0.802. The molecule has 0 aromatic heterocycles. The van der Waals surface area contributed by atoms with E-state index in [1.165, 1.54) is 12.1 Å². The van der Waals surface area contributed by atoms with Crippen LogP contribution in [0.2, 0.25) is 0 Å². The maximum Gasteiger partial charge on any atom is 0.221 e. The van der Waals surface area contributed by atoms with E-state index in [4.69, 9.17) is 0 Å². The standard InChI is InChI=1S/C13H18FNO3S/c1-3-12(10-4-6-11(14)7-5-10)15-13(16)8-9-19(2,17)18/h4-7,12H,3,8-9H2,1-2H3,(H,15,16). The summed E-state index contributed by atoms with van der Waals surface area (Å²) in [7, 11) is -3.14. The van der Waals surface area contributed by atoms with E-state index in [9.17, 15) is 17.6 Å². The Balaban J connectivity index is 2.62. The summed E-state index contributed by atoms with van der Waals surface area (Å²) >= 11 is 0. The van der Waals surface area contributed by atoms with Crippen LogP contribution in [-0.2, 0) is 14.6 Å². The van der Waals surface area contributed by atoms with Gasteiger partial charge in [0.2, 0.25) is 5.91 Å². The van der Waals surface area contributed by atoms with Gasteiger partial charge in [0.25, 0.3) is 0 Å². The molecule has 0 heterocycles. The summed E-state index contributed by atoms with van der Waals surface area (Å²) in [6, 6.07) is 5.66. The first-order chi connectivity index (χ1) is 8.81. The van der Waals surface area contributed by atoms with Crippen molar-refractivity contribution in [1.82, 2.24) is 5.32 Å². The summed E-state index contributed by atoms with van der Waals surface area (Å²) in [6.07, 6.45) is 1.68. The molecule has 0 aliphatic heterocycles. The molecule has 1 amide bonds. The van der Waals surface area contributed by atoms with E-state index in [2.05, 4.69) is 5.32 Å². The number of nitrogens with one attached hydrogen (secondary N) is 1. The average molecular weight is 287 g/mol. The first kappa shape index (κ1) is 15.6. The fourth-order valence-corrected chi connectivity index (χ4v) is 2.22. The highest BCUT2D eigenvalue weighted by Gasteiger charge is 2.14. The minimum Gasteiger partial charge on any atom is -0.349 e. The second-order valence-electron chi connectivity index (χ2n) is 4.46. The summed E-state index contributed by atoms with van der Waals surface area (Å²) in [4.78, 5) is 11.6. The van der Waals surface area contributed by atoms with Crippen LogP contribution in [0.25, 0.3) is 0 Å². The number of rotatable bonds is 6. The average Bonchev–Trinajstić information content (AvgIpc) is 2.34. The van der Waals surface area contributed by atoms with Gasteiger partial charge >= 0.3 is 0 Å². The molecule has 0 saturated carbocycles. The highest BCUT2D eigenvalue weighted by molar-refractivity contribution is 7.90. The van der Waals surface area contributed by atoms with Gasteiger partial charge in [0.05, 0.1) is 11.8 Å². The molecule has 0 saturated heterocycles. The molecule has 106 valence electrons. The molecule has 0 bridgehead atoms. The first-order valence-electron chi connectivity index (χ1n) is 6.04. The zero-order chi connectivity index (χ0) is 14.5. The molecule has 6 heteroatoms. The van der Waals surface area contributed by atoms with Crippen molar-refractivity contribution in [3.8, 4) is 0 Å². The Morgan fingerprint density at radius 3 is 2.37 bits per heavy atom. The molecule has 1 aromatic rings. The van der Waals surface area contributed by atoms with Crippen LogP contribution in [0, 0.1) is 5.82 Å². The van der Waals surface area contributed by atoms with E-state index in [-0.39, 0.29) is 29.9 Å². The van der Waals surface area contributed by atoms with Gasteiger partial charge in [0.15, 0.2) is 0 Å². The maximum absolute atomic E-state index is 12.8. The van der Waals surface area contributed by atoms with Crippen molar-refractivity contribution in [2.75, 3.05) is 12.0 Å². The Labute approximate surface area is 112 Å². The number of hydrogen-bond acceptors (Lipinski definition) is 3. The molecule has 1 unspecified atom stereocenters. The Hall–Kier alpha value is -1.43. The molecule has 0 radical (unpaired) electrons. The van der Waals surface area contributed by atoms with Gasteiger partial charge in [0.1, 0.15) is 15.7 Å². The van der Waals surface area contributed by atoms with Gasteiger partial charge in [0, 0.05) is 12.7 Å². The Kier molecular flexibility index (Phi) is 5.47. The SMILES string of the molecule is CCC(NC(=O)CCS(C)(=O)=O)c1ccc(F)cc1. The van der Waals surface area contributed by atoms with E-state index in [1.807, 2.05) is 6.92 Å². The van der Waals surface area contributed by atoms with Gasteiger partial charge < -0.3 is 5.32 Å². The number of amides is 1. The van der Waals surface area contributed by atoms with Crippen LogP contribution in [0.5, 0.6) is 0 Å². The molecular weight excluding hydrogens is 269 g/mol. The molecule has 0 spiro atoms. The maximum atomic E-state index is 12.8. The lowest BCUT2D eigenvalue weighted by Gasteiger charge is -2.17. The van der Waals surface area contributed by atoms with Crippen LogP contribution in [-0.4, -0.2) is 26.3 Å². The van der Waals surface area contributed by atoms with Gasteiger partial charge in [-0.1, -0.05) is 19.1 Å². The molecular formula is C13H18FNO3S. The number of halogens is 1. The van der Waals surface area contributed by atoms with E-state index in [1.54, 1.807) is 12.1 Å². The zero-order valence-electron chi connectivity index (χ0n) is 11.0. The second kappa shape index (κ2) is 6.65. The monoisotopic (exact) mass is 287 g/mol. The van der Waals surface area contributed by atoms with Gasteiger partial charge in [-0.05, 0) is 24.1 Å². The van der Waals surface area contributed by atoms with Crippen LogP contribution >= 0.6 is 0 Å². The van der Waals surface area contributed by atoms with Crippen LogP contribution in [0.3, 0.4) is 0 Å². The van der Waals surface area contributed by atoms with Crippen molar-refractivity contribution < 1.29 is 17.6 Å². The Morgan fingerprint density at radius 2 is 1.89 bits per heavy atom. The molecule has 19 heavy (non-hydrogen) atoms. The number of hydrogen-bond donors (Lipinski definition) is 1. The number of benzene rings is 1. The molecule has 4 nitrogen and oxygen atoms in total. The number of sulfone groups is 1. The third-order valence-corrected chi connectivity index (χ3v) is 3.66. The molecule has 1 atom stereocenters. The predicted molar refractivity (Wildman–Crippen MR) is 71.9 cm³/mol. The van der Waals surface area contributed by atoms with E-state index < -0.39 is 9.84 Å². The largest absolute Gasteiger partial charge is 0.349 e. The van der Waals surface area contributed by atoms with Gasteiger partial charge in [-0.3, -0.25) is 4.79 Å². The normalized spacial score (nSPS) is 13.0. The first-order valence-corrected chi connectivity index (χ1v) is 8.10. The Bertz CT molecular complexity index is 525. The summed E-state index contributed by atoms with van der Waals surface area (Å²) in [5, 5.41) is 2.75. The lowest BCUT2D eigenvalue weighted by Crippen LogP contribution is -2.29. The molecule has 1 N–H and O–H groups in total. The molecule has 1 rings (SSSR count). The van der Waals surface area contributed by atoms with Crippen LogP contribution in [0.1, 0.15) is 31.4 Å². The fourth-order valence-electron chi connectivity index (χ4n) is 1.66. The summed E-state index contributed by atoms with van der Waals surface area (Å²) in [5.74, 6) is -0.817. The van der Waals surface area contributed by atoms with Crippen molar-refractivity contribution in [3.63, 3.8) is 0 Å². The molecule has 0 aliphatic carbocycles. The molecule has 1 aromatic carbocycles. The van der Waals surface area contributed by atoms with Crippen LogP contribution < -0.4 is 5.32 Å². The second-order valence-corrected chi connectivity index (χ2v) is 6.72. The van der Waals surface area contributed by atoms with Crippen LogP contribution in [0.15, 0.2) is 24.3 Å². The fraction of sp³-hybridized carbons (Fsp3) is 0.462.